The molecule has 0 saturated carbocycles. The lowest BCUT2D eigenvalue weighted by Gasteiger charge is -2.19. The maximum Gasteiger partial charge on any atom is 0.190 e. The van der Waals surface area contributed by atoms with Crippen LogP contribution in [-0.4, -0.2) is 40.9 Å². The van der Waals surface area contributed by atoms with E-state index in [1.165, 1.54) is 32.1 Å². The summed E-state index contributed by atoms with van der Waals surface area (Å²) >= 11 is 0. The van der Waals surface area contributed by atoms with Crippen molar-refractivity contribution in [3.8, 4) is 0 Å². The number of guanidine groups is 1. The van der Waals surface area contributed by atoms with E-state index in [1.54, 1.807) is 12.7 Å². The first kappa shape index (κ1) is 23.1. The molecule has 0 radical (unpaired) electrons. The molecule has 1 aromatic heterocycles. The molecule has 0 aliphatic carbocycles. The van der Waals surface area contributed by atoms with Gasteiger partial charge in [-0.25, -0.2) is 0 Å². The molecule has 7 heteroatoms. The van der Waals surface area contributed by atoms with Crippen LogP contribution in [-0.2, 0) is 6.54 Å². The number of nitrogens with zero attached hydrogens (tertiary/aromatic N) is 4. The van der Waals surface area contributed by atoms with Crippen molar-refractivity contribution in [3.63, 3.8) is 0 Å². The zero-order valence-corrected chi connectivity index (χ0v) is 17.8. The van der Waals surface area contributed by atoms with E-state index in [1.807, 2.05) is 11.6 Å². The maximum atomic E-state index is 4.32. The predicted molar refractivity (Wildman–Crippen MR) is 112 cm³/mol. The second kappa shape index (κ2) is 15.7. The summed E-state index contributed by atoms with van der Waals surface area (Å²) < 4.78 is 2.01. The average Bonchev–Trinajstić information content (AvgIpc) is 3.08. The minimum atomic E-state index is 0. The van der Waals surface area contributed by atoms with Crippen LogP contribution in [0, 0.1) is 5.92 Å². The van der Waals surface area contributed by atoms with Crippen molar-refractivity contribution < 1.29 is 0 Å². The molecule has 0 bridgehead atoms. The first-order chi connectivity index (χ1) is 11.3. The van der Waals surface area contributed by atoms with E-state index < -0.39 is 0 Å². The summed E-state index contributed by atoms with van der Waals surface area (Å²) in [6.45, 7) is 7.46. The number of rotatable bonds is 12. The number of aliphatic imine (C=N–C) groups is 1. The number of nitrogens with one attached hydrogen (secondary N) is 2. The highest BCUT2D eigenvalue weighted by atomic mass is 127. The number of halogens is 1. The van der Waals surface area contributed by atoms with Crippen LogP contribution in [0.5, 0.6) is 0 Å². The van der Waals surface area contributed by atoms with Crippen molar-refractivity contribution >= 4 is 29.9 Å². The molecule has 0 aliphatic heterocycles. The molecule has 24 heavy (non-hydrogen) atoms. The van der Waals surface area contributed by atoms with Gasteiger partial charge in [0.05, 0.1) is 0 Å². The third kappa shape index (κ3) is 10.8. The molecule has 1 rings (SSSR count). The Morgan fingerprint density at radius 1 is 1.04 bits per heavy atom. The first-order valence-corrected chi connectivity index (χ1v) is 9.07. The summed E-state index contributed by atoms with van der Waals surface area (Å²) in [4.78, 5) is 4.32. The zero-order valence-electron chi connectivity index (χ0n) is 15.5. The van der Waals surface area contributed by atoms with Crippen LogP contribution in [0.1, 0.15) is 58.8 Å². The third-order valence-corrected chi connectivity index (χ3v) is 4.05. The van der Waals surface area contributed by atoms with E-state index in [9.17, 15) is 0 Å². The lowest BCUT2D eigenvalue weighted by Crippen LogP contribution is -2.40. The summed E-state index contributed by atoms with van der Waals surface area (Å²) in [7, 11) is 1.84. The lowest BCUT2D eigenvalue weighted by molar-refractivity contribution is 0.423. The highest BCUT2D eigenvalue weighted by Gasteiger charge is 2.08. The normalized spacial score (nSPS) is 12.5. The van der Waals surface area contributed by atoms with Crippen molar-refractivity contribution in [1.82, 2.24) is 25.4 Å². The van der Waals surface area contributed by atoms with E-state index in [-0.39, 0.29) is 24.0 Å². The van der Waals surface area contributed by atoms with Gasteiger partial charge < -0.3 is 15.2 Å². The predicted octanol–water partition coefficient (Wildman–Crippen LogP) is 3.45. The van der Waals surface area contributed by atoms with Gasteiger partial charge in [0.1, 0.15) is 12.7 Å². The average molecular weight is 450 g/mol. The van der Waals surface area contributed by atoms with Crippen LogP contribution in [0.15, 0.2) is 17.6 Å². The number of hydrogen-bond acceptors (Lipinski definition) is 3. The largest absolute Gasteiger partial charge is 0.356 e. The molecule has 140 valence electrons. The molecule has 1 unspecified atom stereocenters. The van der Waals surface area contributed by atoms with Crippen LogP contribution in [0.3, 0.4) is 0 Å². The molecule has 0 aromatic carbocycles. The second-order valence-corrected chi connectivity index (χ2v) is 6.08. The molecule has 1 heterocycles. The van der Waals surface area contributed by atoms with Crippen molar-refractivity contribution in [1.29, 1.82) is 0 Å². The Bertz CT molecular complexity index is 407. The van der Waals surface area contributed by atoms with Gasteiger partial charge in [-0.1, -0.05) is 33.1 Å². The Hall–Kier alpha value is -0.860. The highest BCUT2D eigenvalue weighted by Crippen LogP contribution is 2.13. The van der Waals surface area contributed by atoms with Crippen molar-refractivity contribution in [3.05, 3.63) is 12.7 Å². The first-order valence-electron chi connectivity index (χ1n) is 9.07. The molecular weight excluding hydrogens is 415 g/mol. The standard InChI is InChI=1S/C17H34N6.HI/c1-4-6-10-16(9-5-2)13-20-17(18-3)19-11-7-8-12-23-14-21-22-15-23;/h14-16H,4-13H2,1-3H3,(H2,18,19,20);1H. The Morgan fingerprint density at radius 2 is 1.79 bits per heavy atom. The summed E-state index contributed by atoms with van der Waals surface area (Å²) in [5.41, 5.74) is 0. The molecule has 2 N–H and O–H groups in total. The minimum Gasteiger partial charge on any atom is -0.356 e. The van der Waals surface area contributed by atoms with E-state index in [0.29, 0.717) is 0 Å². The van der Waals surface area contributed by atoms with Crippen LogP contribution in [0.4, 0.5) is 0 Å². The number of hydrogen-bond donors (Lipinski definition) is 2. The SMILES string of the molecule is CCCCC(CCC)CNC(=NC)NCCCCn1cnnc1.I. The van der Waals surface area contributed by atoms with Gasteiger partial charge in [-0.15, -0.1) is 34.2 Å². The van der Waals surface area contributed by atoms with Gasteiger partial charge in [0, 0.05) is 26.7 Å². The van der Waals surface area contributed by atoms with Crippen molar-refractivity contribution in [2.45, 2.75) is 65.3 Å². The monoisotopic (exact) mass is 450 g/mol. The maximum absolute atomic E-state index is 4.32. The molecule has 0 aliphatic rings. The molecule has 6 nitrogen and oxygen atoms in total. The van der Waals surface area contributed by atoms with Crippen molar-refractivity contribution in [2.24, 2.45) is 10.9 Å². The number of aryl methyl sites for hydroxylation is 1. The Balaban J connectivity index is 0.00000529. The molecule has 0 amide bonds. The van der Waals surface area contributed by atoms with Crippen molar-refractivity contribution in [2.75, 3.05) is 20.1 Å². The smallest absolute Gasteiger partial charge is 0.190 e. The van der Waals surface area contributed by atoms with Gasteiger partial charge in [-0.05, 0) is 31.6 Å². The van der Waals surface area contributed by atoms with Crippen LogP contribution < -0.4 is 10.6 Å². The molecule has 0 saturated heterocycles. The van der Waals surface area contributed by atoms with E-state index in [4.69, 9.17) is 0 Å². The number of unbranched alkanes of at least 4 members (excludes halogenated alkanes) is 2. The fourth-order valence-corrected chi connectivity index (χ4v) is 2.67. The Kier molecular flexibility index (Phi) is 15.1. The van der Waals surface area contributed by atoms with Gasteiger partial charge in [-0.3, -0.25) is 4.99 Å². The molecule has 1 aromatic rings. The summed E-state index contributed by atoms with van der Waals surface area (Å²) in [5.74, 6) is 1.68. The summed E-state index contributed by atoms with van der Waals surface area (Å²) in [5, 5.41) is 14.5. The summed E-state index contributed by atoms with van der Waals surface area (Å²) in [6.07, 6.45) is 12.2. The van der Waals surface area contributed by atoms with Crippen LogP contribution >= 0.6 is 24.0 Å². The van der Waals surface area contributed by atoms with E-state index in [0.717, 1.165) is 44.4 Å². The van der Waals surface area contributed by atoms with Gasteiger partial charge in [0.25, 0.3) is 0 Å². The highest BCUT2D eigenvalue weighted by molar-refractivity contribution is 14.0. The minimum absolute atomic E-state index is 0. The van der Waals surface area contributed by atoms with Crippen LogP contribution in [0.25, 0.3) is 0 Å². The summed E-state index contributed by atoms with van der Waals surface area (Å²) in [6, 6.07) is 0. The third-order valence-electron chi connectivity index (χ3n) is 4.05. The molecule has 1 atom stereocenters. The fourth-order valence-electron chi connectivity index (χ4n) is 2.67. The molecule has 0 spiro atoms. The zero-order chi connectivity index (χ0) is 16.8. The number of aromatic nitrogens is 3. The molecule has 0 fully saturated rings. The quantitative estimate of drug-likeness (QED) is 0.222. The van der Waals surface area contributed by atoms with E-state index >= 15 is 0 Å². The fraction of sp³-hybridized carbons (Fsp3) is 0.824. The topological polar surface area (TPSA) is 67.1 Å². The van der Waals surface area contributed by atoms with E-state index in [2.05, 4.69) is 39.7 Å². The van der Waals surface area contributed by atoms with Crippen LogP contribution in [0.2, 0.25) is 0 Å². The molecular formula is C17H35IN6. The van der Waals surface area contributed by atoms with Gasteiger partial charge in [-0.2, -0.15) is 0 Å². The lowest BCUT2D eigenvalue weighted by atomic mass is 9.97. The Morgan fingerprint density at radius 3 is 2.42 bits per heavy atom. The Labute approximate surface area is 164 Å². The second-order valence-electron chi connectivity index (χ2n) is 6.08. The van der Waals surface area contributed by atoms with Gasteiger partial charge >= 0.3 is 0 Å². The van der Waals surface area contributed by atoms with Gasteiger partial charge in [0.2, 0.25) is 0 Å². The van der Waals surface area contributed by atoms with Gasteiger partial charge in [0.15, 0.2) is 5.96 Å².